The maximum atomic E-state index is 12.4. The maximum absolute atomic E-state index is 12.4. The minimum atomic E-state index is -3.86. The number of aliphatic hydroxyl groups excluding tert-OH is 1. The lowest BCUT2D eigenvalue weighted by atomic mass is 10.1. The van der Waals surface area contributed by atoms with Crippen molar-refractivity contribution < 1.29 is 23.0 Å². The first-order valence-corrected chi connectivity index (χ1v) is 8.88. The van der Waals surface area contributed by atoms with Gasteiger partial charge < -0.3 is 14.6 Å². The fraction of sp³-hybridized carbons (Fsp3) is 0.250. The van der Waals surface area contributed by atoms with Crippen LogP contribution in [0.1, 0.15) is 11.7 Å². The van der Waals surface area contributed by atoms with Crippen molar-refractivity contribution in [2.45, 2.75) is 11.0 Å². The van der Waals surface area contributed by atoms with Gasteiger partial charge in [0, 0.05) is 17.6 Å². The second-order valence-corrected chi connectivity index (χ2v) is 7.11. The standard InChI is InChI=1S/C16H18ClNO5S/c1-22-13-7-8-16(15(9-13)23-2)24(20,21)18-10-14(19)11-3-5-12(17)6-4-11/h3-9,14,18-19H,10H2,1-2H3. The van der Waals surface area contributed by atoms with Crippen LogP contribution in [0.4, 0.5) is 0 Å². The number of rotatable bonds is 7. The quantitative estimate of drug-likeness (QED) is 0.780. The van der Waals surface area contributed by atoms with Gasteiger partial charge in [-0.15, -0.1) is 0 Å². The molecule has 0 aliphatic carbocycles. The van der Waals surface area contributed by atoms with Gasteiger partial charge in [-0.05, 0) is 29.8 Å². The van der Waals surface area contributed by atoms with Gasteiger partial charge in [0.25, 0.3) is 0 Å². The molecule has 0 spiro atoms. The Morgan fingerprint density at radius 1 is 1.12 bits per heavy atom. The first-order chi connectivity index (χ1) is 11.4. The van der Waals surface area contributed by atoms with Crippen molar-refractivity contribution in [1.82, 2.24) is 4.72 Å². The fourth-order valence-electron chi connectivity index (χ4n) is 2.07. The second kappa shape index (κ2) is 7.85. The second-order valence-electron chi connectivity index (χ2n) is 4.94. The van der Waals surface area contributed by atoms with Crippen LogP contribution in [0.15, 0.2) is 47.4 Å². The molecule has 2 N–H and O–H groups in total. The molecule has 2 aromatic carbocycles. The van der Waals surface area contributed by atoms with Gasteiger partial charge in [0.2, 0.25) is 10.0 Å². The van der Waals surface area contributed by atoms with E-state index in [0.717, 1.165) is 0 Å². The van der Waals surface area contributed by atoms with E-state index in [-0.39, 0.29) is 17.2 Å². The molecule has 24 heavy (non-hydrogen) atoms. The summed E-state index contributed by atoms with van der Waals surface area (Å²) in [5.74, 6) is 0.634. The highest BCUT2D eigenvalue weighted by Gasteiger charge is 2.21. The molecule has 6 nitrogen and oxygen atoms in total. The number of benzene rings is 2. The van der Waals surface area contributed by atoms with Crippen molar-refractivity contribution in [3.8, 4) is 11.5 Å². The Kier molecular flexibility index (Phi) is 6.06. The van der Waals surface area contributed by atoms with E-state index in [1.54, 1.807) is 24.3 Å². The molecule has 0 amide bonds. The molecular formula is C16H18ClNO5S. The summed E-state index contributed by atoms with van der Waals surface area (Å²) in [5, 5.41) is 10.6. The number of nitrogens with one attached hydrogen (secondary N) is 1. The van der Waals surface area contributed by atoms with Crippen LogP contribution in [0, 0.1) is 0 Å². The molecule has 1 atom stereocenters. The molecule has 1 unspecified atom stereocenters. The summed E-state index contributed by atoms with van der Waals surface area (Å²) in [7, 11) is -1.01. The summed E-state index contributed by atoms with van der Waals surface area (Å²) in [4.78, 5) is -0.0332. The average molecular weight is 372 g/mol. The van der Waals surface area contributed by atoms with Crippen LogP contribution in [0.25, 0.3) is 0 Å². The lowest BCUT2D eigenvalue weighted by molar-refractivity contribution is 0.182. The van der Waals surface area contributed by atoms with Crippen LogP contribution < -0.4 is 14.2 Å². The Balaban J connectivity index is 2.15. The Bertz CT molecular complexity index is 793. The van der Waals surface area contributed by atoms with E-state index in [2.05, 4.69) is 4.72 Å². The molecule has 0 aliphatic heterocycles. The van der Waals surface area contributed by atoms with Crippen LogP contribution in [0.5, 0.6) is 11.5 Å². The van der Waals surface area contributed by atoms with E-state index in [1.807, 2.05) is 0 Å². The Morgan fingerprint density at radius 3 is 2.38 bits per heavy atom. The number of sulfonamides is 1. The van der Waals surface area contributed by atoms with Crippen molar-refractivity contribution in [1.29, 1.82) is 0 Å². The molecule has 0 saturated carbocycles. The summed E-state index contributed by atoms with van der Waals surface area (Å²) >= 11 is 5.79. The third-order valence-electron chi connectivity index (χ3n) is 3.38. The number of hydrogen-bond acceptors (Lipinski definition) is 5. The van der Waals surface area contributed by atoms with E-state index >= 15 is 0 Å². The van der Waals surface area contributed by atoms with Gasteiger partial charge in [-0.25, -0.2) is 13.1 Å². The van der Waals surface area contributed by atoms with Crippen LogP contribution >= 0.6 is 11.6 Å². The molecule has 8 heteroatoms. The Hall–Kier alpha value is -1.80. The zero-order valence-corrected chi connectivity index (χ0v) is 14.8. The van der Waals surface area contributed by atoms with Crippen LogP contribution in [-0.2, 0) is 10.0 Å². The smallest absolute Gasteiger partial charge is 0.244 e. The normalized spacial score (nSPS) is 12.7. The number of methoxy groups -OCH3 is 2. The summed E-state index contributed by atoms with van der Waals surface area (Å²) in [6, 6.07) is 10.9. The lowest BCUT2D eigenvalue weighted by Crippen LogP contribution is -2.28. The van der Waals surface area contributed by atoms with Gasteiger partial charge in [-0.2, -0.15) is 0 Å². The third kappa shape index (κ3) is 4.39. The van der Waals surface area contributed by atoms with E-state index in [4.69, 9.17) is 21.1 Å². The van der Waals surface area contributed by atoms with E-state index in [9.17, 15) is 13.5 Å². The van der Waals surface area contributed by atoms with Crippen molar-refractivity contribution in [3.05, 3.63) is 53.1 Å². The van der Waals surface area contributed by atoms with Crippen molar-refractivity contribution >= 4 is 21.6 Å². The maximum Gasteiger partial charge on any atom is 0.244 e. The Labute approximate surface area is 146 Å². The summed E-state index contributed by atoms with van der Waals surface area (Å²) < 4.78 is 37.4. The van der Waals surface area contributed by atoms with Gasteiger partial charge in [0.05, 0.1) is 20.3 Å². The van der Waals surface area contributed by atoms with Gasteiger partial charge in [-0.1, -0.05) is 23.7 Å². The molecule has 130 valence electrons. The zero-order valence-electron chi connectivity index (χ0n) is 13.2. The van der Waals surface area contributed by atoms with Crippen molar-refractivity contribution in [3.63, 3.8) is 0 Å². The highest BCUT2D eigenvalue weighted by atomic mass is 35.5. The minimum Gasteiger partial charge on any atom is -0.497 e. The minimum absolute atomic E-state index is 0.0332. The predicted octanol–water partition coefficient (Wildman–Crippen LogP) is 2.37. The fourth-order valence-corrected chi connectivity index (χ4v) is 3.38. The Morgan fingerprint density at radius 2 is 1.79 bits per heavy atom. The SMILES string of the molecule is COc1ccc(S(=O)(=O)NCC(O)c2ccc(Cl)cc2)c(OC)c1. The molecule has 0 fully saturated rings. The van der Waals surface area contributed by atoms with Crippen molar-refractivity contribution in [2.75, 3.05) is 20.8 Å². The first kappa shape index (κ1) is 18.5. The highest BCUT2D eigenvalue weighted by molar-refractivity contribution is 7.89. The highest BCUT2D eigenvalue weighted by Crippen LogP contribution is 2.28. The largest absolute Gasteiger partial charge is 0.497 e. The van der Waals surface area contributed by atoms with Gasteiger partial charge >= 0.3 is 0 Å². The summed E-state index contributed by atoms with van der Waals surface area (Å²) in [6.07, 6.45) is -0.999. The van der Waals surface area contributed by atoms with Gasteiger partial charge in [0.1, 0.15) is 16.4 Å². The monoisotopic (exact) mass is 371 g/mol. The molecule has 2 rings (SSSR count). The van der Waals surface area contributed by atoms with E-state index in [1.165, 1.54) is 32.4 Å². The van der Waals surface area contributed by atoms with E-state index < -0.39 is 16.1 Å². The summed E-state index contributed by atoms with van der Waals surface area (Å²) in [6.45, 7) is -0.181. The third-order valence-corrected chi connectivity index (χ3v) is 5.10. The van der Waals surface area contributed by atoms with Crippen LogP contribution in [0.3, 0.4) is 0 Å². The molecule has 0 radical (unpaired) electrons. The van der Waals surface area contributed by atoms with Crippen molar-refractivity contribution in [2.24, 2.45) is 0 Å². The molecule has 0 aromatic heterocycles. The lowest BCUT2D eigenvalue weighted by Gasteiger charge is -2.15. The number of hydrogen-bond donors (Lipinski definition) is 2. The summed E-state index contributed by atoms with van der Waals surface area (Å²) in [5.41, 5.74) is 0.559. The number of aliphatic hydroxyl groups is 1. The first-order valence-electron chi connectivity index (χ1n) is 7.02. The topological polar surface area (TPSA) is 84.9 Å². The van der Waals surface area contributed by atoms with Crippen LogP contribution in [0.2, 0.25) is 5.02 Å². The molecular weight excluding hydrogens is 354 g/mol. The molecule has 0 aliphatic rings. The number of ether oxygens (including phenoxy) is 2. The molecule has 0 heterocycles. The predicted molar refractivity (Wildman–Crippen MR) is 91.1 cm³/mol. The van der Waals surface area contributed by atoms with E-state index in [0.29, 0.717) is 16.3 Å². The zero-order chi connectivity index (χ0) is 17.7. The molecule has 0 bridgehead atoms. The van der Waals surface area contributed by atoms with Crippen LogP contribution in [-0.4, -0.2) is 34.3 Å². The van der Waals surface area contributed by atoms with Gasteiger partial charge in [0.15, 0.2) is 0 Å². The average Bonchev–Trinajstić information content (AvgIpc) is 2.59. The number of halogens is 1. The van der Waals surface area contributed by atoms with Gasteiger partial charge in [-0.3, -0.25) is 0 Å². The molecule has 2 aromatic rings. The molecule has 0 saturated heterocycles.